The van der Waals surface area contributed by atoms with Gasteiger partial charge in [-0.1, -0.05) is 31.2 Å². The molecule has 2 rings (SSSR count). The first-order valence-corrected chi connectivity index (χ1v) is 8.63. The summed E-state index contributed by atoms with van der Waals surface area (Å²) in [6.07, 6.45) is 0. The summed E-state index contributed by atoms with van der Waals surface area (Å²) in [6, 6.07) is 8.21. The molecule has 0 bridgehead atoms. The quantitative estimate of drug-likeness (QED) is 0.714. The number of rotatable bonds is 1. The summed E-state index contributed by atoms with van der Waals surface area (Å²) in [6.45, 7) is 7.00. The molecule has 0 aliphatic carbocycles. The molecule has 0 amide bonds. The Morgan fingerprint density at radius 1 is 1.14 bits per heavy atom. The summed E-state index contributed by atoms with van der Waals surface area (Å²) in [7, 11) is -1.23. The zero-order valence-electron chi connectivity index (χ0n) is 8.69. The lowest BCUT2D eigenvalue weighted by Gasteiger charge is -2.12. The second-order valence-electron chi connectivity index (χ2n) is 4.66. The summed E-state index contributed by atoms with van der Waals surface area (Å²) >= 11 is 5.94. The molecule has 0 radical (unpaired) electrons. The van der Waals surface area contributed by atoms with Crippen LogP contribution in [-0.2, 0) is 0 Å². The fourth-order valence-electron chi connectivity index (χ4n) is 1.51. The van der Waals surface area contributed by atoms with Gasteiger partial charge in [0.05, 0.1) is 8.07 Å². The molecule has 0 saturated heterocycles. The first kappa shape index (κ1) is 9.81. The van der Waals surface area contributed by atoms with E-state index >= 15 is 0 Å². The third-order valence-corrected chi connectivity index (χ3v) is 4.51. The molecule has 0 aliphatic heterocycles. The van der Waals surface area contributed by atoms with Gasteiger partial charge in [-0.15, -0.1) is 0 Å². The lowest BCUT2D eigenvalue weighted by Crippen LogP contribution is -2.38. The van der Waals surface area contributed by atoms with Gasteiger partial charge in [0.2, 0.25) is 0 Å². The second-order valence-corrected chi connectivity index (χ2v) is 10.1. The van der Waals surface area contributed by atoms with Gasteiger partial charge in [0, 0.05) is 15.9 Å². The van der Waals surface area contributed by atoms with Gasteiger partial charge in [-0.05, 0) is 29.6 Å². The molecule has 1 N–H and O–H groups in total. The SMILES string of the molecule is C[Si](C)(C)c1cc2cc(Cl)ccc2[nH]1. The summed E-state index contributed by atoms with van der Waals surface area (Å²) in [4.78, 5) is 3.47. The summed E-state index contributed by atoms with van der Waals surface area (Å²) in [5.74, 6) is 0. The molecule has 2 aromatic rings. The van der Waals surface area contributed by atoms with Crippen LogP contribution in [0.15, 0.2) is 24.3 Å². The average molecular weight is 224 g/mol. The van der Waals surface area contributed by atoms with Crippen molar-refractivity contribution < 1.29 is 0 Å². The highest BCUT2D eigenvalue weighted by Crippen LogP contribution is 2.18. The van der Waals surface area contributed by atoms with Gasteiger partial charge in [0.25, 0.3) is 0 Å². The van der Waals surface area contributed by atoms with E-state index in [1.807, 2.05) is 18.2 Å². The van der Waals surface area contributed by atoms with Crippen LogP contribution >= 0.6 is 11.6 Å². The zero-order valence-corrected chi connectivity index (χ0v) is 10.4. The number of benzene rings is 1. The third kappa shape index (κ3) is 1.72. The van der Waals surface area contributed by atoms with E-state index in [4.69, 9.17) is 11.6 Å². The highest BCUT2D eigenvalue weighted by atomic mass is 35.5. The molecule has 0 saturated carbocycles. The van der Waals surface area contributed by atoms with Crippen molar-refractivity contribution in [1.82, 2.24) is 4.98 Å². The predicted octanol–water partition coefficient (Wildman–Crippen LogP) is 3.37. The number of nitrogens with one attached hydrogen (secondary N) is 1. The third-order valence-electron chi connectivity index (χ3n) is 2.39. The Balaban J connectivity index is 2.63. The lowest BCUT2D eigenvalue weighted by molar-refractivity contribution is 1.50. The predicted molar refractivity (Wildman–Crippen MR) is 66.3 cm³/mol. The van der Waals surface area contributed by atoms with E-state index in [0.29, 0.717) is 0 Å². The van der Waals surface area contributed by atoms with Crippen molar-refractivity contribution in [3.05, 3.63) is 29.3 Å². The molecule has 1 heterocycles. The largest absolute Gasteiger partial charge is 0.362 e. The monoisotopic (exact) mass is 223 g/mol. The highest BCUT2D eigenvalue weighted by molar-refractivity contribution is 6.88. The Bertz CT molecular complexity index is 468. The van der Waals surface area contributed by atoms with Gasteiger partial charge in [0.15, 0.2) is 0 Å². The summed E-state index contributed by atoms with van der Waals surface area (Å²) in [5.41, 5.74) is 1.19. The molecule has 1 nitrogen and oxygen atoms in total. The van der Waals surface area contributed by atoms with Crippen molar-refractivity contribution in [2.45, 2.75) is 19.6 Å². The minimum absolute atomic E-state index is 0.804. The Morgan fingerprint density at radius 3 is 2.50 bits per heavy atom. The van der Waals surface area contributed by atoms with E-state index in [2.05, 4.69) is 30.7 Å². The summed E-state index contributed by atoms with van der Waals surface area (Å²) < 4.78 is 0. The van der Waals surface area contributed by atoms with E-state index in [1.54, 1.807) is 0 Å². The molecule has 1 aromatic carbocycles. The first-order chi connectivity index (χ1) is 6.47. The Kier molecular flexibility index (Phi) is 2.20. The molecule has 1 aromatic heterocycles. The molecular weight excluding hydrogens is 210 g/mol. The van der Waals surface area contributed by atoms with Crippen molar-refractivity contribution in [2.24, 2.45) is 0 Å². The molecule has 0 aliphatic rings. The van der Waals surface area contributed by atoms with Crippen molar-refractivity contribution >= 4 is 35.9 Å². The van der Waals surface area contributed by atoms with Gasteiger partial charge in [-0.2, -0.15) is 0 Å². The van der Waals surface area contributed by atoms with E-state index < -0.39 is 8.07 Å². The number of H-pyrrole nitrogens is 1. The maximum absolute atomic E-state index is 5.94. The van der Waals surface area contributed by atoms with E-state index in [0.717, 1.165) is 5.02 Å². The number of halogens is 1. The molecular formula is C11H14ClNSi. The van der Waals surface area contributed by atoms with Crippen molar-refractivity contribution in [3.8, 4) is 0 Å². The second kappa shape index (κ2) is 3.14. The van der Waals surface area contributed by atoms with Crippen LogP contribution in [0.3, 0.4) is 0 Å². The maximum Gasteiger partial charge on any atom is 0.0982 e. The van der Waals surface area contributed by atoms with Crippen LogP contribution in [0.2, 0.25) is 24.7 Å². The lowest BCUT2D eigenvalue weighted by atomic mass is 10.2. The van der Waals surface area contributed by atoms with Gasteiger partial charge in [-0.25, -0.2) is 0 Å². The molecule has 0 spiro atoms. The molecule has 0 atom stereocenters. The summed E-state index contributed by atoms with van der Waals surface area (Å²) in [5, 5.41) is 3.41. The van der Waals surface area contributed by atoms with Crippen LogP contribution in [0, 0.1) is 0 Å². The van der Waals surface area contributed by atoms with Crippen molar-refractivity contribution in [3.63, 3.8) is 0 Å². The Hall–Kier alpha value is -0.733. The first-order valence-electron chi connectivity index (χ1n) is 4.75. The van der Waals surface area contributed by atoms with Gasteiger partial charge in [0.1, 0.15) is 0 Å². The van der Waals surface area contributed by atoms with Crippen LogP contribution in [0.25, 0.3) is 10.9 Å². The Morgan fingerprint density at radius 2 is 1.86 bits per heavy atom. The number of hydrogen-bond donors (Lipinski definition) is 1. The molecule has 0 fully saturated rings. The van der Waals surface area contributed by atoms with E-state index in [9.17, 15) is 0 Å². The fraction of sp³-hybridized carbons (Fsp3) is 0.273. The van der Waals surface area contributed by atoms with Crippen LogP contribution in [-0.4, -0.2) is 13.1 Å². The van der Waals surface area contributed by atoms with E-state index in [1.165, 1.54) is 16.2 Å². The minimum Gasteiger partial charge on any atom is -0.362 e. The molecule has 14 heavy (non-hydrogen) atoms. The van der Waals surface area contributed by atoms with Crippen LogP contribution in [0.1, 0.15) is 0 Å². The maximum atomic E-state index is 5.94. The standard InChI is InChI=1S/C11H14ClNSi/c1-14(2,3)11-7-8-6-9(12)4-5-10(8)13-11/h4-7,13H,1-3H3. The fourth-order valence-corrected chi connectivity index (χ4v) is 2.79. The van der Waals surface area contributed by atoms with Crippen LogP contribution in [0.5, 0.6) is 0 Å². The smallest absolute Gasteiger partial charge is 0.0982 e. The van der Waals surface area contributed by atoms with Gasteiger partial charge >= 0.3 is 0 Å². The van der Waals surface area contributed by atoms with Crippen molar-refractivity contribution in [2.75, 3.05) is 0 Å². The van der Waals surface area contributed by atoms with E-state index in [-0.39, 0.29) is 0 Å². The molecule has 74 valence electrons. The minimum atomic E-state index is -1.23. The number of hydrogen-bond acceptors (Lipinski definition) is 0. The normalized spacial score (nSPS) is 12.3. The van der Waals surface area contributed by atoms with Crippen LogP contribution < -0.4 is 5.32 Å². The average Bonchev–Trinajstić information content (AvgIpc) is 2.45. The van der Waals surface area contributed by atoms with Crippen LogP contribution in [0.4, 0.5) is 0 Å². The Labute approximate surface area is 90.1 Å². The zero-order chi connectivity index (χ0) is 10.3. The highest BCUT2D eigenvalue weighted by Gasteiger charge is 2.18. The molecule has 0 unspecified atom stereocenters. The number of fused-ring (bicyclic) bond motifs is 1. The number of aromatic amines is 1. The topological polar surface area (TPSA) is 15.8 Å². The van der Waals surface area contributed by atoms with Gasteiger partial charge in [-0.3, -0.25) is 0 Å². The van der Waals surface area contributed by atoms with Crippen molar-refractivity contribution in [1.29, 1.82) is 0 Å². The molecule has 3 heteroatoms. The van der Waals surface area contributed by atoms with Gasteiger partial charge < -0.3 is 4.98 Å². The number of aromatic nitrogens is 1.